The highest BCUT2D eigenvalue weighted by Gasteiger charge is 2.28. The summed E-state index contributed by atoms with van der Waals surface area (Å²) in [6.07, 6.45) is 8.50. The van der Waals surface area contributed by atoms with Crippen LogP contribution in [-0.4, -0.2) is 22.7 Å². The number of nitrogens with zero attached hydrogens (tertiary/aromatic N) is 2. The summed E-state index contributed by atoms with van der Waals surface area (Å²) in [7, 11) is 0. The van der Waals surface area contributed by atoms with Crippen LogP contribution in [0.25, 0.3) is 0 Å². The van der Waals surface area contributed by atoms with Crippen molar-refractivity contribution < 1.29 is 4.52 Å². The Bertz CT molecular complexity index is 384. The molecule has 18 heavy (non-hydrogen) atoms. The van der Waals surface area contributed by atoms with Gasteiger partial charge in [-0.05, 0) is 44.6 Å². The molecule has 0 amide bonds. The normalized spacial score (nSPS) is 32.2. The minimum absolute atomic E-state index is 0.545. The lowest BCUT2D eigenvalue weighted by Crippen LogP contribution is -2.23. The summed E-state index contributed by atoms with van der Waals surface area (Å²) >= 11 is 0. The molecule has 1 aliphatic heterocycles. The topological polar surface area (TPSA) is 51.0 Å². The van der Waals surface area contributed by atoms with Crippen LogP contribution in [0.1, 0.15) is 63.1 Å². The first-order chi connectivity index (χ1) is 8.85. The van der Waals surface area contributed by atoms with Crippen LogP contribution in [0, 0.1) is 5.92 Å². The molecular formula is C14H23N3O. The van der Waals surface area contributed by atoms with Crippen molar-refractivity contribution in [2.75, 3.05) is 6.54 Å². The van der Waals surface area contributed by atoms with Crippen molar-refractivity contribution in [2.24, 2.45) is 5.92 Å². The third-order valence-corrected chi connectivity index (χ3v) is 4.55. The predicted molar refractivity (Wildman–Crippen MR) is 69.4 cm³/mol. The Morgan fingerprint density at radius 3 is 3.00 bits per heavy atom. The molecule has 1 saturated carbocycles. The number of nitrogens with one attached hydrogen (secondary N) is 1. The van der Waals surface area contributed by atoms with Gasteiger partial charge in [0.2, 0.25) is 5.89 Å². The van der Waals surface area contributed by atoms with Crippen LogP contribution in [0.15, 0.2) is 4.52 Å². The maximum atomic E-state index is 5.41. The van der Waals surface area contributed by atoms with Gasteiger partial charge >= 0.3 is 0 Å². The zero-order chi connectivity index (χ0) is 12.4. The predicted octanol–water partition coefficient (Wildman–Crippen LogP) is 2.66. The van der Waals surface area contributed by atoms with Gasteiger partial charge in [0.15, 0.2) is 5.82 Å². The van der Waals surface area contributed by atoms with Gasteiger partial charge < -0.3 is 9.84 Å². The lowest BCUT2D eigenvalue weighted by molar-refractivity contribution is 0.356. The molecule has 4 nitrogen and oxygen atoms in total. The third-order valence-electron chi connectivity index (χ3n) is 4.55. The van der Waals surface area contributed by atoms with E-state index in [9.17, 15) is 0 Å². The van der Waals surface area contributed by atoms with Crippen LogP contribution >= 0.6 is 0 Å². The maximum Gasteiger partial charge on any atom is 0.228 e. The molecule has 0 radical (unpaired) electrons. The van der Waals surface area contributed by atoms with Crippen molar-refractivity contribution in [1.82, 2.24) is 15.5 Å². The Kier molecular flexibility index (Phi) is 3.64. The molecule has 3 atom stereocenters. The van der Waals surface area contributed by atoms with Gasteiger partial charge in [-0.25, -0.2) is 0 Å². The summed E-state index contributed by atoms with van der Waals surface area (Å²) in [5, 5.41) is 7.67. The summed E-state index contributed by atoms with van der Waals surface area (Å²) in [6, 6.07) is 0.547. The quantitative estimate of drug-likeness (QED) is 0.891. The van der Waals surface area contributed by atoms with E-state index in [2.05, 4.69) is 22.4 Å². The highest BCUT2D eigenvalue weighted by molar-refractivity contribution is 5.00. The number of aromatic nitrogens is 2. The zero-order valence-electron chi connectivity index (χ0n) is 11.2. The summed E-state index contributed by atoms with van der Waals surface area (Å²) in [5.41, 5.74) is 0. The second kappa shape index (κ2) is 5.39. The van der Waals surface area contributed by atoms with Crippen molar-refractivity contribution in [1.29, 1.82) is 0 Å². The average Bonchev–Trinajstić information content (AvgIpc) is 3.09. The van der Waals surface area contributed by atoms with Gasteiger partial charge in [-0.15, -0.1) is 0 Å². The van der Waals surface area contributed by atoms with Gasteiger partial charge in [-0.1, -0.05) is 18.5 Å². The lowest BCUT2D eigenvalue weighted by atomic mass is 10.0. The van der Waals surface area contributed by atoms with Crippen LogP contribution in [-0.2, 0) is 6.42 Å². The van der Waals surface area contributed by atoms with Crippen LogP contribution in [0.5, 0.6) is 0 Å². The summed E-state index contributed by atoms with van der Waals surface area (Å²) in [5.74, 6) is 3.20. The molecule has 0 spiro atoms. The molecule has 1 saturated heterocycles. The summed E-state index contributed by atoms with van der Waals surface area (Å²) in [4.78, 5) is 4.61. The van der Waals surface area contributed by atoms with Crippen molar-refractivity contribution in [3.63, 3.8) is 0 Å². The minimum Gasteiger partial charge on any atom is -0.339 e. The second-order valence-electron chi connectivity index (χ2n) is 5.83. The van der Waals surface area contributed by atoms with Gasteiger partial charge in [0.05, 0.1) is 0 Å². The van der Waals surface area contributed by atoms with Gasteiger partial charge in [-0.2, -0.15) is 4.98 Å². The summed E-state index contributed by atoms with van der Waals surface area (Å²) < 4.78 is 5.41. The van der Waals surface area contributed by atoms with E-state index in [1.807, 2.05) is 0 Å². The Balaban J connectivity index is 1.59. The molecule has 4 heteroatoms. The van der Waals surface area contributed by atoms with Crippen LogP contribution in [0.3, 0.4) is 0 Å². The second-order valence-corrected chi connectivity index (χ2v) is 5.83. The van der Waals surface area contributed by atoms with E-state index >= 15 is 0 Å². The Labute approximate surface area is 109 Å². The molecule has 1 aliphatic carbocycles. The largest absolute Gasteiger partial charge is 0.339 e. The minimum atomic E-state index is 0.545. The van der Waals surface area contributed by atoms with E-state index in [-0.39, 0.29) is 0 Å². The number of hydrogen-bond acceptors (Lipinski definition) is 4. The lowest BCUT2D eigenvalue weighted by Gasteiger charge is -2.05. The molecule has 1 N–H and O–H groups in total. The number of hydrogen-bond donors (Lipinski definition) is 1. The van der Waals surface area contributed by atoms with Crippen LogP contribution in [0.4, 0.5) is 0 Å². The molecule has 3 unspecified atom stereocenters. The Morgan fingerprint density at radius 2 is 2.28 bits per heavy atom. The van der Waals surface area contributed by atoms with Crippen LogP contribution < -0.4 is 5.32 Å². The fourth-order valence-corrected chi connectivity index (χ4v) is 3.34. The molecule has 0 bridgehead atoms. The van der Waals surface area contributed by atoms with Gasteiger partial charge in [-0.3, -0.25) is 0 Å². The average molecular weight is 249 g/mol. The van der Waals surface area contributed by atoms with E-state index in [4.69, 9.17) is 4.52 Å². The maximum absolute atomic E-state index is 5.41. The molecule has 1 aromatic rings. The van der Waals surface area contributed by atoms with Crippen LogP contribution in [0.2, 0.25) is 0 Å². The molecule has 2 aliphatic rings. The first-order valence-electron chi connectivity index (χ1n) is 7.41. The number of rotatable bonds is 4. The fourth-order valence-electron chi connectivity index (χ4n) is 3.34. The van der Waals surface area contributed by atoms with Crippen molar-refractivity contribution >= 4 is 0 Å². The monoisotopic (exact) mass is 249 g/mol. The fraction of sp³-hybridized carbons (Fsp3) is 0.857. The molecule has 3 rings (SSSR count). The van der Waals surface area contributed by atoms with E-state index in [0.717, 1.165) is 30.6 Å². The molecule has 0 aromatic carbocycles. The Morgan fingerprint density at radius 1 is 1.33 bits per heavy atom. The molecule has 2 heterocycles. The van der Waals surface area contributed by atoms with E-state index in [1.54, 1.807) is 0 Å². The first-order valence-corrected chi connectivity index (χ1v) is 7.41. The standard InChI is InChI=1S/C14H23N3O/c1-2-10-5-6-11(8-10)14-16-13(18-17-14)9-12-4-3-7-15-12/h10-12,15H,2-9H2,1H3. The van der Waals surface area contributed by atoms with Gasteiger partial charge in [0, 0.05) is 18.4 Å². The van der Waals surface area contributed by atoms with Gasteiger partial charge in [0.25, 0.3) is 0 Å². The van der Waals surface area contributed by atoms with Crippen molar-refractivity contribution in [2.45, 2.75) is 63.8 Å². The molecular weight excluding hydrogens is 226 g/mol. The Hall–Kier alpha value is -0.900. The van der Waals surface area contributed by atoms with Crippen molar-refractivity contribution in [3.8, 4) is 0 Å². The molecule has 2 fully saturated rings. The van der Waals surface area contributed by atoms with Gasteiger partial charge in [0.1, 0.15) is 0 Å². The van der Waals surface area contributed by atoms with E-state index in [1.165, 1.54) is 38.5 Å². The zero-order valence-corrected chi connectivity index (χ0v) is 11.2. The smallest absolute Gasteiger partial charge is 0.228 e. The first kappa shape index (κ1) is 12.2. The third kappa shape index (κ3) is 2.58. The highest BCUT2D eigenvalue weighted by atomic mass is 16.5. The summed E-state index contributed by atoms with van der Waals surface area (Å²) in [6.45, 7) is 3.41. The highest BCUT2D eigenvalue weighted by Crippen LogP contribution is 2.38. The molecule has 1 aromatic heterocycles. The van der Waals surface area contributed by atoms with Crippen molar-refractivity contribution in [3.05, 3.63) is 11.7 Å². The SMILES string of the molecule is CCC1CCC(c2noc(CC3CCCN3)n2)C1. The molecule has 100 valence electrons. The van der Waals surface area contributed by atoms with E-state index in [0.29, 0.717) is 12.0 Å². The van der Waals surface area contributed by atoms with E-state index < -0.39 is 0 Å².